The molecule has 0 amide bonds. The number of hydrogen-bond donors (Lipinski definition) is 1. The van der Waals surface area contributed by atoms with E-state index in [9.17, 15) is 13.6 Å². The highest BCUT2D eigenvalue weighted by atomic mass is 32.2. The molecule has 1 aromatic heterocycles. The summed E-state index contributed by atoms with van der Waals surface area (Å²) in [4.78, 5) is 15.6. The molecule has 0 saturated heterocycles. The first kappa shape index (κ1) is 22.6. The fourth-order valence-electron chi connectivity index (χ4n) is 2.76. The summed E-state index contributed by atoms with van der Waals surface area (Å²) in [6, 6.07) is 11.6. The number of nitrogens with zero attached hydrogens (tertiary/aromatic N) is 2. The summed E-state index contributed by atoms with van der Waals surface area (Å²) in [5, 5.41) is 10.1. The normalized spacial score (nSPS) is 12.1. The van der Waals surface area contributed by atoms with Crippen molar-refractivity contribution in [3.8, 4) is 16.3 Å². The Morgan fingerprint density at radius 2 is 2.00 bits per heavy atom. The highest BCUT2D eigenvalue weighted by Crippen LogP contribution is 2.40. The number of methoxy groups -OCH3 is 2. The largest absolute Gasteiger partial charge is 0.755 e. The molecule has 10 heteroatoms. The number of carboxylic acids is 1. The van der Waals surface area contributed by atoms with E-state index in [1.54, 1.807) is 7.11 Å². The number of aromatic nitrogens is 1. The molecule has 0 aliphatic heterocycles. The van der Waals surface area contributed by atoms with Gasteiger partial charge in [0.15, 0.2) is 0 Å². The van der Waals surface area contributed by atoms with Crippen LogP contribution >= 0.6 is 11.3 Å². The minimum absolute atomic E-state index is 0.0122. The zero-order valence-corrected chi connectivity index (χ0v) is 18.3. The quantitative estimate of drug-likeness (QED) is 0.479. The van der Waals surface area contributed by atoms with E-state index in [0.717, 1.165) is 15.4 Å². The Morgan fingerprint density at radius 3 is 2.61 bits per heavy atom. The third-order valence-corrected chi connectivity index (χ3v) is 6.06. The summed E-state index contributed by atoms with van der Waals surface area (Å²) in [5.41, 5.74) is 2.02. The van der Waals surface area contributed by atoms with Gasteiger partial charge in [-0.1, -0.05) is 47.8 Å². The molecule has 0 aliphatic rings. The lowest BCUT2D eigenvalue weighted by Gasteiger charge is -2.26. The maximum absolute atomic E-state index is 12.0. The Kier molecular flexibility index (Phi) is 7.53. The molecule has 0 saturated carbocycles. The molecule has 1 unspecified atom stereocenters. The first-order valence-corrected chi connectivity index (χ1v) is 10.8. The summed E-state index contributed by atoms with van der Waals surface area (Å²) in [5.74, 6) is -1.02. The van der Waals surface area contributed by atoms with Crippen LogP contribution in [0.5, 0.6) is 5.75 Å². The van der Waals surface area contributed by atoms with Crippen molar-refractivity contribution in [2.75, 3.05) is 25.1 Å². The maximum Gasteiger partial charge on any atom is 0.335 e. The zero-order chi connectivity index (χ0) is 22.4. The van der Waals surface area contributed by atoms with Crippen molar-refractivity contribution in [3.05, 3.63) is 65.9 Å². The number of rotatable bonds is 9. The van der Waals surface area contributed by atoms with E-state index < -0.39 is 17.2 Å². The molecule has 3 aromatic rings. The highest BCUT2D eigenvalue weighted by Gasteiger charge is 2.20. The van der Waals surface area contributed by atoms with Gasteiger partial charge in [-0.25, -0.2) is 9.78 Å². The summed E-state index contributed by atoms with van der Waals surface area (Å²) >= 11 is -1.49. The molecule has 2 aromatic carbocycles. The number of thiazole rings is 1. The van der Waals surface area contributed by atoms with Gasteiger partial charge >= 0.3 is 5.97 Å². The molecular formula is C21H19N2O6S2-. The van der Waals surface area contributed by atoms with Crippen molar-refractivity contribution in [1.29, 1.82) is 0 Å². The van der Waals surface area contributed by atoms with Crippen LogP contribution in [0, 0.1) is 0 Å². The fourth-order valence-corrected chi connectivity index (χ4v) is 4.41. The summed E-state index contributed by atoms with van der Waals surface area (Å²) in [6.07, 6.45) is 5.30. The predicted molar refractivity (Wildman–Crippen MR) is 119 cm³/mol. The molecule has 31 heavy (non-hydrogen) atoms. The average Bonchev–Trinajstić information content (AvgIpc) is 3.24. The van der Waals surface area contributed by atoms with E-state index in [4.69, 9.17) is 14.6 Å². The molecule has 162 valence electrons. The van der Waals surface area contributed by atoms with Crippen molar-refractivity contribution >= 4 is 45.3 Å². The van der Waals surface area contributed by atoms with Crippen molar-refractivity contribution in [2.24, 2.45) is 0 Å². The number of anilines is 2. The molecule has 1 atom stereocenters. The Bertz CT molecular complexity index is 1110. The van der Waals surface area contributed by atoms with Crippen LogP contribution < -0.4 is 9.04 Å². The smallest absolute Gasteiger partial charge is 0.335 e. The van der Waals surface area contributed by atoms with Crippen molar-refractivity contribution in [1.82, 2.24) is 4.98 Å². The lowest BCUT2D eigenvalue weighted by molar-refractivity contribution is 0.0696. The lowest BCUT2D eigenvalue weighted by atomic mass is 10.1. The molecule has 0 fully saturated rings. The number of benzene rings is 2. The first-order chi connectivity index (χ1) is 14.9. The first-order valence-electron chi connectivity index (χ1n) is 8.97. The number of carboxylic acid groups (broad SMARTS) is 1. The van der Waals surface area contributed by atoms with E-state index in [1.165, 1.54) is 42.8 Å². The second-order valence-electron chi connectivity index (χ2n) is 6.19. The molecule has 0 aliphatic carbocycles. The molecule has 1 N–H and O–H groups in total. The van der Waals surface area contributed by atoms with Gasteiger partial charge in [0, 0.05) is 12.7 Å². The van der Waals surface area contributed by atoms with E-state index in [2.05, 4.69) is 4.98 Å². The third kappa shape index (κ3) is 5.36. The van der Waals surface area contributed by atoms with Gasteiger partial charge in [-0.2, -0.15) is 0 Å². The monoisotopic (exact) mass is 459 g/mol. The van der Waals surface area contributed by atoms with Crippen LogP contribution in [0.2, 0.25) is 0 Å². The summed E-state index contributed by atoms with van der Waals surface area (Å²) in [7, 11) is 2.97. The van der Waals surface area contributed by atoms with Crippen molar-refractivity contribution in [3.63, 3.8) is 0 Å². The topological polar surface area (TPSA) is 112 Å². The van der Waals surface area contributed by atoms with Gasteiger partial charge in [-0.15, -0.1) is 0 Å². The third-order valence-electron chi connectivity index (χ3n) is 4.22. The van der Waals surface area contributed by atoms with E-state index in [-0.39, 0.29) is 17.0 Å². The molecule has 0 spiro atoms. The second-order valence-corrected chi connectivity index (χ2v) is 8.00. The highest BCUT2D eigenvalue weighted by molar-refractivity contribution is 7.81. The Hall–Kier alpha value is -3.05. The standard InChI is InChI=1S/C21H20N2O6S2/c1-28-11-3-4-14-5-7-15(8-6-14)20-22-13-19(30-20)23(31(26)27)17-10-9-16(21(24)25)12-18(17)29-2/h3-10,12-13H,11H2,1-2H3,(H,24,25)(H,26,27)/p-1. The van der Waals surface area contributed by atoms with Gasteiger partial charge in [-0.05, 0) is 23.8 Å². The lowest BCUT2D eigenvalue weighted by Crippen LogP contribution is -2.19. The Morgan fingerprint density at radius 1 is 1.26 bits per heavy atom. The van der Waals surface area contributed by atoms with Gasteiger partial charge in [0.2, 0.25) is 0 Å². The zero-order valence-electron chi connectivity index (χ0n) is 16.7. The Balaban J connectivity index is 1.92. The predicted octanol–water partition coefficient (Wildman–Crippen LogP) is 4.11. The summed E-state index contributed by atoms with van der Waals surface area (Å²) < 4.78 is 35.3. The minimum atomic E-state index is -2.68. The summed E-state index contributed by atoms with van der Waals surface area (Å²) in [6.45, 7) is 0.524. The van der Waals surface area contributed by atoms with Crippen LogP contribution in [0.3, 0.4) is 0 Å². The molecule has 1 heterocycles. The van der Waals surface area contributed by atoms with Gasteiger partial charge < -0.3 is 19.1 Å². The second kappa shape index (κ2) is 10.3. The fraction of sp³-hybridized carbons (Fsp3) is 0.143. The van der Waals surface area contributed by atoms with E-state index in [1.807, 2.05) is 36.4 Å². The van der Waals surface area contributed by atoms with Gasteiger partial charge in [0.05, 0.1) is 42.4 Å². The molecular weight excluding hydrogens is 440 g/mol. The van der Waals surface area contributed by atoms with Crippen molar-refractivity contribution < 1.29 is 28.1 Å². The number of ether oxygens (including phenoxy) is 2. The number of hydrogen-bond acceptors (Lipinski definition) is 7. The maximum atomic E-state index is 12.0. The molecule has 3 rings (SSSR count). The van der Waals surface area contributed by atoms with Crippen molar-refractivity contribution in [2.45, 2.75) is 0 Å². The Labute approximate surface area is 185 Å². The SMILES string of the molecule is COCC=Cc1ccc(-c2ncc(N(c3ccc(C(=O)O)cc3OC)S(=O)[O-])s2)cc1. The van der Waals surface area contributed by atoms with Crippen LogP contribution in [-0.4, -0.2) is 45.6 Å². The number of carbonyl (C=O) groups is 1. The molecule has 0 radical (unpaired) electrons. The molecule has 8 nitrogen and oxygen atoms in total. The van der Waals surface area contributed by atoms with Crippen LogP contribution in [0.15, 0.2) is 54.7 Å². The van der Waals surface area contributed by atoms with Gasteiger partial charge in [-0.3, -0.25) is 8.51 Å². The van der Waals surface area contributed by atoms with E-state index >= 15 is 0 Å². The van der Waals surface area contributed by atoms with Crippen LogP contribution in [-0.2, 0) is 16.0 Å². The van der Waals surface area contributed by atoms with Gasteiger partial charge in [0.1, 0.15) is 15.8 Å². The van der Waals surface area contributed by atoms with Gasteiger partial charge in [0.25, 0.3) is 0 Å². The van der Waals surface area contributed by atoms with Crippen LogP contribution in [0.1, 0.15) is 15.9 Å². The van der Waals surface area contributed by atoms with E-state index in [0.29, 0.717) is 16.6 Å². The minimum Gasteiger partial charge on any atom is -0.755 e. The average molecular weight is 460 g/mol. The van der Waals surface area contributed by atoms with Crippen LogP contribution in [0.4, 0.5) is 10.7 Å². The molecule has 0 bridgehead atoms. The number of aromatic carboxylic acids is 1. The van der Waals surface area contributed by atoms with Crippen LogP contribution in [0.25, 0.3) is 16.6 Å².